The lowest BCUT2D eigenvalue weighted by Gasteiger charge is -2.50. The van der Waals surface area contributed by atoms with Crippen LogP contribution >= 0.6 is 0 Å². The minimum Gasteiger partial charge on any atom is -0.468 e. The number of aliphatic hydroxyl groups excluding tert-OH is 1. The van der Waals surface area contributed by atoms with Gasteiger partial charge < -0.3 is 38.8 Å². The fourth-order valence-corrected chi connectivity index (χ4v) is 6.98. The Kier molecular flexibility index (Phi) is 9.28. The molecule has 0 aromatic heterocycles. The molecular weight excluding hydrogens is 618 g/mol. The second kappa shape index (κ2) is 13.4. The Bertz CT molecular complexity index is 1710. The Hall–Kier alpha value is -4.71. The number of rotatable bonds is 9. The molecule has 3 aromatic carbocycles. The lowest BCUT2D eigenvalue weighted by atomic mass is 9.58. The normalized spacial score (nSPS) is 23.9. The van der Waals surface area contributed by atoms with Crippen molar-refractivity contribution in [3.63, 3.8) is 0 Å². The molecule has 48 heavy (non-hydrogen) atoms. The standard InChI is InChI=1S/C37H39NO10/c1-22-28-20-44-19-25-15-16-26(45-21-43-4)17-27(25)32-37(36(28,2)3,48-35(42)47-32)18-29(22)46-34(41)31(39)30(23-11-7-5-8-12-23)38-33(40)24-13-9-6-10-14-24/h5-17,29-32,39H,18-21H2,1-4H3,(H,38,40)/t29-,30+,31-,32+,37-/m1/s1. The van der Waals surface area contributed by atoms with Crippen molar-refractivity contribution in [2.45, 2.75) is 63.8 Å². The molecule has 1 saturated heterocycles. The number of amides is 1. The Morgan fingerprint density at radius 1 is 1.02 bits per heavy atom. The van der Waals surface area contributed by atoms with Gasteiger partial charge in [0.1, 0.15) is 11.9 Å². The summed E-state index contributed by atoms with van der Waals surface area (Å²) < 4.78 is 35.1. The molecule has 1 aliphatic carbocycles. The highest BCUT2D eigenvalue weighted by Gasteiger charge is 2.66. The molecule has 252 valence electrons. The second-order valence-corrected chi connectivity index (χ2v) is 12.7. The summed E-state index contributed by atoms with van der Waals surface area (Å²) in [5, 5.41) is 14.3. The van der Waals surface area contributed by atoms with E-state index in [4.69, 9.17) is 28.4 Å². The molecule has 1 fully saturated rings. The van der Waals surface area contributed by atoms with Crippen molar-refractivity contribution in [3.05, 3.63) is 112 Å². The maximum Gasteiger partial charge on any atom is 0.509 e. The molecular formula is C37H39NO10. The zero-order valence-corrected chi connectivity index (χ0v) is 27.3. The number of carbonyl (C=O) groups is 3. The molecule has 1 spiro atoms. The van der Waals surface area contributed by atoms with E-state index < -0.39 is 53.4 Å². The molecule has 6 rings (SSSR count). The maximum atomic E-state index is 13.8. The maximum absolute atomic E-state index is 13.8. The smallest absolute Gasteiger partial charge is 0.468 e. The van der Waals surface area contributed by atoms with E-state index in [1.807, 2.05) is 26.8 Å². The third-order valence-corrected chi connectivity index (χ3v) is 9.71. The first-order chi connectivity index (χ1) is 23.1. The largest absolute Gasteiger partial charge is 0.509 e. The van der Waals surface area contributed by atoms with E-state index in [9.17, 15) is 19.5 Å². The molecule has 3 aliphatic rings. The Balaban J connectivity index is 1.34. The fourth-order valence-electron chi connectivity index (χ4n) is 6.98. The number of hydrogen-bond acceptors (Lipinski definition) is 10. The van der Waals surface area contributed by atoms with Crippen LogP contribution in [0.1, 0.15) is 66.4 Å². The average molecular weight is 658 g/mol. The number of carbonyl (C=O) groups excluding carboxylic acids is 3. The summed E-state index contributed by atoms with van der Waals surface area (Å²) in [4.78, 5) is 40.0. The predicted octanol–water partition coefficient (Wildman–Crippen LogP) is 5.34. The Morgan fingerprint density at radius 3 is 2.44 bits per heavy atom. The lowest BCUT2D eigenvalue weighted by molar-refractivity contribution is -0.166. The zero-order valence-electron chi connectivity index (χ0n) is 27.3. The monoisotopic (exact) mass is 657 g/mol. The molecule has 5 atom stereocenters. The van der Waals surface area contributed by atoms with E-state index in [1.165, 1.54) is 7.11 Å². The minimum atomic E-state index is -1.77. The van der Waals surface area contributed by atoms with Gasteiger partial charge in [-0.2, -0.15) is 0 Å². The molecule has 0 unspecified atom stereocenters. The van der Waals surface area contributed by atoms with Crippen LogP contribution in [0.15, 0.2) is 90.0 Å². The van der Waals surface area contributed by atoms with Crippen molar-refractivity contribution in [1.29, 1.82) is 0 Å². The van der Waals surface area contributed by atoms with Crippen LogP contribution in [0.3, 0.4) is 0 Å². The molecule has 2 bridgehead atoms. The molecule has 2 N–H and O–H groups in total. The molecule has 0 saturated carbocycles. The molecule has 11 nitrogen and oxygen atoms in total. The van der Waals surface area contributed by atoms with Gasteiger partial charge in [0.2, 0.25) is 0 Å². The summed E-state index contributed by atoms with van der Waals surface area (Å²) in [6.07, 6.45) is -4.40. The highest BCUT2D eigenvalue weighted by molar-refractivity contribution is 5.95. The number of nitrogens with one attached hydrogen (secondary N) is 1. The van der Waals surface area contributed by atoms with Crippen LogP contribution in [0.5, 0.6) is 5.75 Å². The van der Waals surface area contributed by atoms with Gasteiger partial charge >= 0.3 is 12.1 Å². The van der Waals surface area contributed by atoms with Crippen LogP contribution in [-0.2, 0) is 35.1 Å². The molecule has 11 heteroatoms. The van der Waals surface area contributed by atoms with Crippen molar-refractivity contribution < 1.29 is 47.9 Å². The first-order valence-electron chi connectivity index (χ1n) is 15.8. The molecule has 1 amide bonds. The minimum absolute atomic E-state index is 0.0229. The van der Waals surface area contributed by atoms with E-state index >= 15 is 0 Å². The van der Waals surface area contributed by atoms with Crippen LogP contribution in [0.25, 0.3) is 0 Å². The average Bonchev–Trinajstić information content (AvgIpc) is 3.44. The fraction of sp³-hybridized carbons (Fsp3) is 0.378. The highest BCUT2D eigenvalue weighted by Crippen LogP contribution is 2.60. The lowest BCUT2D eigenvalue weighted by Crippen LogP contribution is -2.56. The van der Waals surface area contributed by atoms with Gasteiger partial charge in [-0.05, 0) is 53.5 Å². The summed E-state index contributed by atoms with van der Waals surface area (Å²) in [6.45, 7) is 6.17. The summed E-state index contributed by atoms with van der Waals surface area (Å²) in [6, 6.07) is 21.5. The molecule has 2 aliphatic heterocycles. The highest BCUT2D eigenvalue weighted by atomic mass is 16.8. The van der Waals surface area contributed by atoms with Crippen LogP contribution in [0.4, 0.5) is 4.79 Å². The first-order valence-corrected chi connectivity index (χ1v) is 15.8. The van der Waals surface area contributed by atoms with E-state index in [1.54, 1.807) is 72.8 Å². The van der Waals surface area contributed by atoms with E-state index in [2.05, 4.69) is 5.32 Å². The van der Waals surface area contributed by atoms with Crippen LogP contribution < -0.4 is 10.1 Å². The number of hydrogen-bond donors (Lipinski definition) is 2. The van der Waals surface area contributed by atoms with Gasteiger partial charge in [-0.25, -0.2) is 9.59 Å². The van der Waals surface area contributed by atoms with Gasteiger partial charge in [-0.3, -0.25) is 4.79 Å². The number of esters is 1. The number of ether oxygens (including phenoxy) is 6. The van der Waals surface area contributed by atoms with Gasteiger partial charge in [0.25, 0.3) is 5.91 Å². The SMILES string of the molecule is COCOc1ccc2c(c1)[C@@H]1OC(=O)O[C@]13C[C@@H](OC(=O)[C@H](O)[C@@H](NC(=O)c1ccccc1)c1ccccc1)C(C)=C(COC2)C3(C)C. The van der Waals surface area contributed by atoms with Gasteiger partial charge in [0.15, 0.2) is 24.6 Å². The number of benzene rings is 3. The zero-order chi connectivity index (χ0) is 34.1. The van der Waals surface area contributed by atoms with Crippen LogP contribution in [0, 0.1) is 5.41 Å². The number of aliphatic hydroxyl groups is 1. The summed E-state index contributed by atoms with van der Waals surface area (Å²) >= 11 is 0. The quantitative estimate of drug-likeness (QED) is 0.176. The van der Waals surface area contributed by atoms with Gasteiger partial charge in [0.05, 0.1) is 19.3 Å². The topological polar surface area (TPSA) is 139 Å². The van der Waals surface area contributed by atoms with Crippen molar-refractivity contribution in [3.8, 4) is 5.75 Å². The summed E-state index contributed by atoms with van der Waals surface area (Å²) in [5.41, 5.74) is 1.66. The predicted molar refractivity (Wildman–Crippen MR) is 172 cm³/mol. The van der Waals surface area contributed by atoms with Gasteiger partial charge in [-0.1, -0.05) is 68.4 Å². The van der Waals surface area contributed by atoms with E-state index in [-0.39, 0.29) is 26.4 Å². The third-order valence-electron chi connectivity index (χ3n) is 9.71. The van der Waals surface area contributed by atoms with Gasteiger partial charge in [-0.15, -0.1) is 0 Å². The Morgan fingerprint density at radius 2 is 1.73 bits per heavy atom. The summed E-state index contributed by atoms with van der Waals surface area (Å²) in [5.74, 6) is -0.915. The third kappa shape index (κ3) is 6.05. The van der Waals surface area contributed by atoms with E-state index in [0.29, 0.717) is 28.0 Å². The van der Waals surface area contributed by atoms with Crippen molar-refractivity contribution in [2.75, 3.05) is 20.5 Å². The number of methoxy groups -OCH3 is 1. The molecule has 2 heterocycles. The van der Waals surface area contributed by atoms with Crippen LogP contribution in [-0.4, -0.2) is 61.5 Å². The molecule has 0 radical (unpaired) electrons. The van der Waals surface area contributed by atoms with E-state index in [0.717, 1.165) is 11.1 Å². The van der Waals surface area contributed by atoms with Gasteiger partial charge in [0, 0.05) is 30.1 Å². The van der Waals surface area contributed by atoms with Crippen molar-refractivity contribution in [2.24, 2.45) is 5.41 Å². The first kappa shape index (κ1) is 33.2. The van der Waals surface area contributed by atoms with Crippen molar-refractivity contribution in [1.82, 2.24) is 5.32 Å². The van der Waals surface area contributed by atoms with Crippen LogP contribution in [0.2, 0.25) is 0 Å². The summed E-state index contributed by atoms with van der Waals surface area (Å²) in [7, 11) is 1.52. The number of fused-ring (bicyclic) bond motifs is 3. The Labute approximate surface area is 278 Å². The second-order valence-electron chi connectivity index (χ2n) is 12.7. The van der Waals surface area contributed by atoms with Crippen molar-refractivity contribution >= 4 is 18.0 Å². The molecule has 3 aromatic rings.